The third-order valence-corrected chi connectivity index (χ3v) is 4.07. The molecule has 0 saturated heterocycles. The lowest BCUT2D eigenvalue weighted by Gasteiger charge is -2.31. The summed E-state index contributed by atoms with van der Waals surface area (Å²) < 4.78 is 1.25. The van der Waals surface area contributed by atoms with Gasteiger partial charge in [0.2, 0.25) is 0 Å². The average molecular weight is 246 g/mol. The van der Waals surface area contributed by atoms with Crippen molar-refractivity contribution in [3.63, 3.8) is 0 Å². The van der Waals surface area contributed by atoms with Crippen molar-refractivity contribution in [3.8, 4) is 0 Å². The van der Waals surface area contributed by atoms with Crippen LogP contribution in [0.5, 0.6) is 0 Å². The molecule has 1 aromatic heterocycles. The lowest BCUT2D eigenvalue weighted by atomic mass is 9.91. The zero-order chi connectivity index (χ0) is 8.77. The molecule has 1 aliphatic rings. The van der Waals surface area contributed by atoms with E-state index in [1.807, 2.05) is 11.3 Å². The molecule has 3 heteroatoms. The molecule has 1 aromatic rings. The highest BCUT2D eigenvalue weighted by Gasteiger charge is 2.28. The van der Waals surface area contributed by atoms with E-state index in [2.05, 4.69) is 41.2 Å². The summed E-state index contributed by atoms with van der Waals surface area (Å²) >= 11 is 5.40. The predicted octanol–water partition coefficient (Wildman–Crippen LogP) is 2.89. The monoisotopic (exact) mass is 245 g/mol. The molecular formula is C9H12BrNS. The summed E-state index contributed by atoms with van der Waals surface area (Å²) in [6.07, 6.45) is 1.18. The third kappa shape index (κ3) is 1.34. The fraction of sp³-hybridized carbons (Fsp3) is 0.556. The molecule has 12 heavy (non-hydrogen) atoms. The normalized spacial score (nSPS) is 20.6. The minimum Gasteiger partial charge on any atom is -0.307 e. The summed E-state index contributed by atoms with van der Waals surface area (Å²) in [6.45, 7) is 5.58. The van der Waals surface area contributed by atoms with E-state index in [4.69, 9.17) is 0 Å². The molecule has 1 N–H and O–H groups in total. The second-order valence-electron chi connectivity index (χ2n) is 3.69. The van der Waals surface area contributed by atoms with Crippen molar-refractivity contribution in [1.29, 1.82) is 0 Å². The number of fused-ring (bicyclic) bond motifs is 1. The van der Waals surface area contributed by atoms with Crippen molar-refractivity contribution in [2.45, 2.75) is 25.8 Å². The van der Waals surface area contributed by atoms with Gasteiger partial charge in [-0.05, 0) is 47.8 Å². The van der Waals surface area contributed by atoms with Crippen LogP contribution in [0.4, 0.5) is 0 Å². The Kier molecular flexibility index (Phi) is 2.05. The molecule has 2 heterocycles. The molecule has 66 valence electrons. The van der Waals surface area contributed by atoms with Gasteiger partial charge in [0.15, 0.2) is 0 Å². The second kappa shape index (κ2) is 2.82. The van der Waals surface area contributed by atoms with E-state index in [0.717, 1.165) is 6.54 Å². The maximum atomic E-state index is 3.53. The zero-order valence-corrected chi connectivity index (χ0v) is 9.68. The standard InChI is InChI=1S/C9H12BrNS/c1-9(2)6-5-8(10)12-7(6)3-4-11-9/h5,11H,3-4H2,1-2H3. The van der Waals surface area contributed by atoms with Crippen LogP contribution >= 0.6 is 27.3 Å². The van der Waals surface area contributed by atoms with E-state index in [-0.39, 0.29) is 5.54 Å². The van der Waals surface area contributed by atoms with Gasteiger partial charge >= 0.3 is 0 Å². The molecular weight excluding hydrogens is 234 g/mol. The van der Waals surface area contributed by atoms with Crippen molar-refractivity contribution in [3.05, 3.63) is 20.3 Å². The molecule has 0 spiro atoms. The molecule has 0 atom stereocenters. The van der Waals surface area contributed by atoms with Gasteiger partial charge in [0.05, 0.1) is 3.79 Å². The quantitative estimate of drug-likeness (QED) is 0.742. The first-order valence-corrected chi connectivity index (χ1v) is 5.74. The number of thiophene rings is 1. The van der Waals surface area contributed by atoms with Crippen molar-refractivity contribution in [2.75, 3.05) is 6.54 Å². The SMILES string of the molecule is CC1(C)NCCc2sc(Br)cc21. The maximum absolute atomic E-state index is 3.53. The summed E-state index contributed by atoms with van der Waals surface area (Å²) in [5.41, 5.74) is 1.63. The highest BCUT2D eigenvalue weighted by Crippen LogP contribution is 2.36. The summed E-state index contributed by atoms with van der Waals surface area (Å²) in [5.74, 6) is 0. The van der Waals surface area contributed by atoms with Crippen molar-refractivity contribution in [1.82, 2.24) is 5.32 Å². The van der Waals surface area contributed by atoms with Crippen LogP contribution < -0.4 is 5.32 Å². The van der Waals surface area contributed by atoms with Gasteiger partial charge < -0.3 is 5.32 Å². The van der Waals surface area contributed by atoms with E-state index in [0.29, 0.717) is 0 Å². The summed E-state index contributed by atoms with van der Waals surface area (Å²) in [6, 6.07) is 2.24. The Balaban J connectivity index is 2.51. The Morgan fingerprint density at radius 3 is 3.00 bits per heavy atom. The largest absolute Gasteiger partial charge is 0.307 e. The van der Waals surface area contributed by atoms with Gasteiger partial charge in [-0.15, -0.1) is 11.3 Å². The topological polar surface area (TPSA) is 12.0 Å². The van der Waals surface area contributed by atoms with Crippen molar-refractivity contribution in [2.24, 2.45) is 0 Å². The summed E-state index contributed by atoms with van der Waals surface area (Å²) in [7, 11) is 0. The Bertz CT molecular complexity index is 303. The molecule has 0 amide bonds. The minimum absolute atomic E-state index is 0.163. The number of hydrogen-bond donors (Lipinski definition) is 1. The minimum atomic E-state index is 0.163. The predicted molar refractivity (Wildman–Crippen MR) is 56.8 cm³/mol. The van der Waals surface area contributed by atoms with Gasteiger partial charge in [0.1, 0.15) is 0 Å². The number of hydrogen-bond acceptors (Lipinski definition) is 2. The van der Waals surface area contributed by atoms with E-state index in [9.17, 15) is 0 Å². The van der Waals surface area contributed by atoms with Crippen LogP contribution in [0.25, 0.3) is 0 Å². The van der Waals surface area contributed by atoms with Crippen LogP contribution in [-0.2, 0) is 12.0 Å². The van der Waals surface area contributed by atoms with Crippen LogP contribution in [0.3, 0.4) is 0 Å². The van der Waals surface area contributed by atoms with E-state index in [1.54, 1.807) is 0 Å². The first kappa shape index (κ1) is 8.73. The van der Waals surface area contributed by atoms with Gasteiger partial charge in [-0.2, -0.15) is 0 Å². The fourth-order valence-electron chi connectivity index (χ4n) is 1.69. The average Bonchev–Trinajstić information content (AvgIpc) is 2.30. The van der Waals surface area contributed by atoms with Crippen LogP contribution in [0.15, 0.2) is 9.85 Å². The molecule has 0 aliphatic carbocycles. The smallest absolute Gasteiger partial charge is 0.0704 e. The number of rotatable bonds is 0. The Morgan fingerprint density at radius 1 is 1.58 bits per heavy atom. The molecule has 0 unspecified atom stereocenters. The second-order valence-corrected chi connectivity index (χ2v) is 6.21. The highest BCUT2D eigenvalue weighted by atomic mass is 79.9. The van der Waals surface area contributed by atoms with Crippen molar-refractivity contribution >= 4 is 27.3 Å². The fourth-order valence-corrected chi connectivity index (χ4v) is 3.55. The highest BCUT2D eigenvalue weighted by molar-refractivity contribution is 9.11. The van der Waals surface area contributed by atoms with Gasteiger partial charge in [-0.1, -0.05) is 0 Å². The molecule has 0 bridgehead atoms. The summed E-state index contributed by atoms with van der Waals surface area (Å²) in [4.78, 5) is 1.53. The van der Waals surface area contributed by atoms with Crippen LogP contribution in [0.1, 0.15) is 24.3 Å². The van der Waals surface area contributed by atoms with E-state index >= 15 is 0 Å². The number of nitrogens with one attached hydrogen (secondary N) is 1. The summed E-state index contributed by atoms with van der Waals surface area (Å²) in [5, 5.41) is 3.51. The first-order chi connectivity index (χ1) is 5.59. The molecule has 0 radical (unpaired) electrons. The van der Waals surface area contributed by atoms with E-state index < -0.39 is 0 Å². The van der Waals surface area contributed by atoms with Gasteiger partial charge in [-0.3, -0.25) is 0 Å². The number of halogens is 1. The van der Waals surface area contributed by atoms with Crippen LogP contribution in [0, 0.1) is 0 Å². The molecule has 1 nitrogen and oxygen atoms in total. The van der Waals surface area contributed by atoms with Gasteiger partial charge in [0.25, 0.3) is 0 Å². The maximum Gasteiger partial charge on any atom is 0.0704 e. The lowest BCUT2D eigenvalue weighted by Crippen LogP contribution is -2.41. The molecule has 0 fully saturated rings. The van der Waals surface area contributed by atoms with Gasteiger partial charge in [-0.25, -0.2) is 0 Å². The Hall–Kier alpha value is 0.140. The van der Waals surface area contributed by atoms with E-state index in [1.165, 1.54) is 20.6 Å². The van der Waals surface area contributed by atoms with Crippen molar-refractivity contribution < 1.29 is 0 Å². The molecule has 0 saturated carbocycles. The van der Waals surface area contributed by atoms with Crippen LogP contribution in [0.2, 0.25) is 0 Å². The molecule has 2 rings (SSSR count). The molecule has 1 aliphatic heterocycles. The Morgan fingerprint density at radius 2 is 2.33 bits per heavy atom. The lowest BCUT2D eigenvalue weighted by molar-refractivity contribution is 0.386. The third-order valence-electron chi connectivity index (χ3n) is 2.37. The Labute approximate surface area is 85.3 Å². The van der Waals surface area contributed by atoms with Crippen LogP contribution in [-0.4, -0.2) is 6.54 Å². The molecule has 0 aromatic carbocycles. The van der Waals surface area contributed by atoms with Gasteiger partial charge in [0, 0.05) is 17.0 Å². The zero-order valence-electron chi connectivity index (χ0n) is 7.28. The first-order valence-electron chi connectivity index (χ1n) is 4.13.